The molecule has 122 valence electrons. The van der Waals surface area contributed by atoms with Crippen LogP contribution in [0.2, 0.25) is 0 Å². The molecule has 0 unspecified atom stereocenters. The van der Waals surface area contributed by atoms with Crippen LogP contribution in [-0.4, -0.2) is 30.8 Å². The number of hydrogen-bond acceptors (Lipinski definition) is 5. The molecule has 0 saturated carbocycles. The topological polar surface area (TPSA) is 96.5 Å². The average molecular weight is 334 g/mol. The standard InChI is InChI=1S/C17H11FN6O/c18-11-3-4-20-15(6-11)17(25)23-12-1-2-13(21-8-12)14-5-10-7-19-9-22-16(10)24-14/h1-9H,(H,23,25)(H,19,22,24). The zero-order valence-corrected chi connectivity index (χ0v) is 12.8. The number of rotatable bonds is 3. The van der Waals surface area contributed by atoms with Gasteiger partial charge < -0.3 is 10.3 Å². The molecule has 0 aromatic carbocycles. The van der Waals surface area contributed by atoms with Crippen LogP contribution in [-0.2, 0) is 0 Å². The Kier molecular flexibility index (Phi) is 3.62. The number of halogens is 1. The van der Waals surface area contributed by atoms with Gasteiger partial charge in [-0.15, -0.1) is 0 Å². The number of hydrogen-bond donors (Lipinski definition) is 2. The van der Waals surface area contributed by atoms with E-state index in [0.717, 1.165) is 22.8 Å². The first-order valence-corrected chi connectivity index (χ1v) is 7.37. The van der Waals surface area contributed by atoms with Crippen LogP contribution < -0.4 is 5.32 Å². The maximum absolute atomic E-state index is 13.1. The van der Waals surface area contributed by atoms with E-state index in [1.165, 1.54) is 24.8 Å². The van der Waals surface area contributed by atoms with E-state index < -0.39 is 11.7 Å². The lowest BCUT2D eigenvalue weighted by Gasteiger charge is -2.05. The summed E-state index contributed by atoms with van der Waals surface area (Å²) < 4.78 is 13.1. The Morgan fingerprint density at radius 2 is 2.00 bits per heavy atom. The van der Waals surface area contributed by atoms with Gasteiger partial charge in [0.2, 0.25) is 0 Å². The number of aromatic nitrogens is 5. The van der Waals surface area contributed by atoms with Crippen molar-refractivity contribution >= 4 is 22.6 Å². The van der Waals surface area contributed by atoms with Crippen molar-refractivity contribution in [3.8, 4) is 11.4 Å². The number of fused-ring (bicyclic) bond motifs is 1. The Bertz CT molecular complexity index is 1030. The van der Waals surface area contributed by atoms with E-state index in [1.807, 2.05) is 6.07 Å². The molecule has 0 atom stereocenters. The van der Waals surface area contributed by atoms with Crippen molar-refractivity contribution in [2.45, 2.75) is 0 Å². The fraction of sp³-hybridized carbons (Fsp3) is 0. The van der Waals surface area contributed by atoms with E-state index in [9.17, 15) is 9.18 Å². The van der Waals surface area contributed by atoms with Gasteiger partial charge in [0.05, 0.1) is 23.3 Å². The smallest absolute Gasteiger partial charge is 0.274 e. The first-order valence-electron chi connectivity index (χ1n) is 7.37. The van der Waals surface area contributed by atoms with Gasteiger partial charge in [-0.25, -0.2) is 14.4 Å². The van der Waals surface area contributed by atoms with Gasteiger partial charge in [0, 0.05) is 23.8 Å². The Labute approximate surface area is 141 Å². The molecule has 0 bridgehead atoms. The van der Waals surface area contributed by atoms with E-state index in [2.05, 4.69) is 30.2 Å². The number of nitrogens with one attached hydrogen (secondary N) is 2. The van der Waals surface area contributed by atoms with E-state index in [-0.39, 0.29) is 5.69 Å². The van der Waals surface area contributed by atoms with Crippen LogP contribution in [0, 0.1) is 5.82 Å². The molecular weight excluding hydrogens is 323 g/mol. The molecule has 4 aromatic heterocycles. The Morgan fingerprint density at radius 1 is 1.08 bits per heavy atom. The fourth-order valence-electron chi connectivity index (χ4n) is 2.36. The monoisotopic (exact) mass is 334 g/mol. The number of pyridine rings is 2. The summed E-state index contributed by atoms with van der Waals surface area (Å²) in [6.07, 6.45) is 5.94. The van der Waals surface area contributed by atoms with E-state index in [4.69, 9.17) is 0 Å². The highest BCUT2D eigenvalue weighted by Crippen LogP contribution is 2.21. The Balaban J connectivity index is 1.54. The fourth-order valence-corrected chi connectivity index (χ4v) is 2.36. The molecule has 7 nitrogen and oxygen atoms in total. The lowest BCUT2D eigenvalue weighted by atomic mass is 10.2. The molecule has 4 heterocycles. The number of aromatic amines is 1. The van der Waals surface area contributed by atoms with Crippen LogP contribution in [0.25, 0.3) is 22.4 Å². The van der Waals surface area contributed by atoms with Gasteiger partial charge in [-0.05, 0) is 24.3 Å². The predicted octanol–water partition coefficient (Wildman–Crippen LogP) is 2.81. The van der Waals surface area contributed by atoms with Crippen LogP contribution in [0.5, 0.6) is 0 Å². The lowest BCUT2D eigenvalue weighted by Crippen LogP contribution is -2.13. The second-order valence-corrected chi connectivity index (χ2v) is 5.26. The van der Waals surface area contributed by atoms with E-state index in [0.29, 0.717) is 11.4 Å². The summed E-state index contributed by atoms with van der Waals surface area (Å²) in [6, 6.07) is 7.61. The largest absolute Gasteiger partial charge is 0.338 e. The van der Waals surface area contributed by atoms with Gasteiger partial charge in [-0.2, -0.15) is 0 Å². The summed E-state index contributed by atoms with van der Waals surface area (Å²) in [6.45, 7) is 0. The minimum absolute atomic E-state index is 0.00160. The van der Waals surface area contributed by atoms with Gasteiger partial charge >= 0.3 is 0 Å². The number of nitrogens with zero attached hydrogens (tertiary/aromatic N) is 4. The molecule has 25 heavy (non-hydrogen) atoms. The van der Waals surface area contributed by atoms with Crippen molar-refractivity contribution in [3.63, 3.8) is 0 Å². The van der Waals surface area contributed by atoms with Crippen molar-refractivity contribution in [2.75, 3.05) is 5.32 Å². The highest BCUT2D eigenvalue weighted by Gasteiger charge is 2.10. The van der Waals surface area contributed by atoms with Gasteiger partial charge in [0.1, 0.15) is 23.5 Å². The van der Waals surface area contributed by atoms with Crippen LogP contribution in [0.3, 0.4) is 0 Å². The lowest BCUT2D eigenvalue weighted by molar-refractivity contribution is 0.102. The number of carbonyl (C=O) groups is 1. The number of amides is 1. The summed E-state index contributed by atoms with van der Waals surface area (Å²) in [5.41, 5.74) is 2.69. The summed E-state index contributed by atoms with van der Waals surface area (Å²) in [7, 11) is 0. The third-order valence-electron chi connectivity index (χ3n) is 3.55. The maximum atomic E-state index is 13.1. The van der Waals surface area contributed by atoms with Crippen molar-refractivity contribution < 1.29 is 9.18 Å². The summed E-state index contributed by atoms with van der Waals surface area (Å²) in [4.78, 5) is 31.5. The van der Waals surface area contributed by atoms with Crippen LogP contribution in [0.15, 0.2) is 55.2 Å². The van der Waals surface area contributed by atoms with Crippen molar-refractivity contribution in [1.29, 1.82) is 0 Å². The van der Waals surface area contributed by atoms with Gasteiger partial charge in [0.25, 0.3) is 5.91 Å². The summed E-state index contributed by atoms with van der Waals surface area (Å²) in [5.74, 6) is -1.02. The van der Waals surface area contributed by atoms with Gasteiger partial charge in [0.15, 0.2) is 0 Å². The first-order chi connectivity index (χ1) is 12.2. The molecule has 0 aliphatic carbocycles. The van der Waals surface area contributed by atoms with Crippen LogP contribution >= 0.6 is 0 Å². The number of H-pyrrole nitrogens is 1. The molecular formula is C17H11FN6O. The molecule has 1 amide bonds. The molecule has 0 fully saturated rings. The molecule has 0 saturated heterocycles. The molecule has 0 aliphatic heterocycles. The van der Waals surface area contributed by atoms with E-state index in [1.54, 1.807) is 18.3 Å². The highest BCUT2D eigenvalue weighted by atomic mass is 19.1. The molecule has 0 aliphatic rings. The molecule has 0 radical (unpaired) electrons. The van der Waals surface area contributed by atoms with Crippen molar-refractivity contribution in [3.05, 3.63) is 66.8 Å². The Morgan fingerprint density at radius 3 is 2.76 bits per heavy atom. The molecule has 0 spiro atoms. The number of carbonyl (C=O) groups excluding carboxylic acids is 1. The summed E-state index contributed by atoms with van der Waals surface area (Å²) >= 11 is 0. The molecule has 8 heteroatoms. The third-order valence-corrected chi connectivity index (χ3v) is 3.55. The molecule has 4 aromatic rings. The quantitative estimate of drug-likeness (QED) is 0.600. The maximum Gasteiger partial charge on any atom is 0.274 e. The third kappa shape index (κ3) is 3.05. The average Bonchev–Trinajstić information content (AvgIpc) is 3.06. The second kappa shape index (κ2) is 6.08. The van der Waals surface area contributed by atoms with Crippen molar-refractivity contribution in [1.82, 2.24) is 24.9 Å². The first kappa shape index (κ1) is 14.9. The SMILES string of the molecule is O=C(Nc1ccc(-c2cc3cncnc3[nH]2)nc1)c1cc(F)ccn1. The summed E-state index contributed by atoms with van der Waals surface area (Å²) in [5, 5.41) is 3.51. The highest BCUT2D eigenvalue weighted by molar-refractivity contribution is 6.02. The minimum atomic E-state index is -0.518. The van der Waals surface area contributed by atoms with Gasteiger partial charge in [-0.1, -0.05) is 0 Å². The van der Waals surface area contributed by atoms with Crippen LogP contribution in [0.4, 0.5) is 10.1 Å². The second-order valence-electron chi connectivity index (χ2n) is 5.26. The van der Waals surface area contributed by atoms with Crippen LogP contribution in [0.1, 0.15) is 10.5 Å². The van der Waals surface area contributed by atoms with E-state index >= 15 is 0 Å². The van der Waals surface area contributed by atoms with Gasteiger partial charge in [-0.3, -0.25) is 14.8 Å². The molecule has 4 rings (SSSR count). The number of anilines is 1. The zero-order valence-electron chi connectivity index (χ0n) is 12.8. The normalized spacial score (nSPS) is 10.8. The zero-order chi connectivity index (χ0) is 17.2. The minimum Gasteiger partial charge on any atom is -0.338 e. The molecule has 2 N–H and O–H groups in total. The Hall–Kier alpha value is -3.68. The predicted molar refractivity (Wildman–Crippen MR) is 89.3 cm³/mol. The van der Waals surface area contributed by atoms with Crippen molar-refractivity contribution in [2.24, 2.45) is 0 Å².